The summed E-state index contributed by atoms with van der Waals surface area (Å²) in [7, 11) is 0.689. The Labute approximate surface area is 140 Å². The highest BCUT2D eigenvalue weighted by molar-refractivity contribution is 5.63. The summed E-state index contributed by atoms with van der Waals surface area (Å²) < 4.78 is 141. The van der Waals surface area contributed by atoms with Gasteiger partial charge < -0.3 is 9.47 Å². The minimum Gasteiger partial charge on any atom is -0.496 e. The van der Waals surface area contributed by atoms with Crippen molar-refractivity contribution in [2.24, 2.45) is 0 Å². The van der Waals surface area contributed by atoms with Gasteiger partial charge in [0.15, 0.2) is 0 Å². The summed E-state index contributed by atoms with van der Waals surface area (Å²) in [6, 6.07) is 0. The molecule has 0 saturated carbocycles. The van der Waals surface area contributed by atoms with E-state index in [1.807, 2.05) is 0 Å². The van der Waals surface area contributed by atoms with E-state index in [2.05, 4.69) is 16.1 Å². The van der Waals surface area contributed by atoms with Crippen molar-refractivity contribution in [2.75, 3.05) is 14.2 Å². The molecule has 0 amide bonds. The normalized spacial score (nSPS) is 14.2. The van der Waals surface area contributed by atoms with Crippen molar-refractivity contribution >= 4 is 0 Å². The molecule has 0 spiro atoms. The molecule has 12 heteroatoms. The summed E-state index contributed by atoms with van der Waals surface area (Å²) in [4.78, 5) is 0. The highest BCUT2D eigenvalue weighted by Gasteiger charge is 2.54. The van der Waals surface area contributed by atoms with Gasteiger partial charge in [0.2, 0.25) is 0 Å². The van der Waals surface area contributed by atoms with Crippen LogP contribution in [0.25, 0.3) is 0 Å². The Morgan fingerprint density at radius 2 is 1.08 bits per heavy atom. The van der Waals surface area contributed by atoms with Gasteiger partial charge in [-0.1, -0.05) is 12.7 Å². The molecule has 0 aliphatic heterocycles. The van der Waals surface area contributed by atoms with Crippen molar-refractivity contribution in [3.63, 3.8) is 0 Å². The van der Waals surface area contributed by atoms with Crippen LogP contribution in [0.2, 0.25) is 0 Å². The number of alkyl halides is 10. The Morgan fingerprint density at radius 3 is 1.35 bits per heavy atom. The Bertz CT molecular complexity index is 685. The minimum absolute atomic E-state index is 0.181. The fraction of sp³-hybridized carbons (Fsp3) is 0.429. The topological polar surface area (TPSA) is 18.5 Å². The average molecular weight is 400 g/mol. The maximum Gasteiger partial charge on any atom is 0.420 e. The van der Waals surface area contributed by atoms with Crippen LogP contribution in [0.4, 0.5) is 43.9 Å². The number of hydrogen-bond donors (Lipinski definition) is 0. The van der Waals surface area contributed by atoms with Crippen LogP contribution < -0.4 is 9.47 Å². The molecular weight excluding hydrogens is 390 g/mol. The smallest absolute Gasteiger partial charge is 0.420 e. The van der Waals surface area contributed by atoms with Gasteiger partial charge in [0, 0.05) is 5.56 Å². The average Bonchev–Trinajstić information content (AvgIpc) is 2.48. The molecule has 1 atom stereocenters. The second kappa shape index (κ2) is 6.88. The first-order valence-corrected chi connectivity index (χ1v) is 6.42. The van der Waals surface area contributed by atoms with Crippen molar-refractivity contribution in [3.05, 3.63) is 34.9 Å². The van der Waals surface area contributed by atoms with Crippen LogP contribution >= 0.6 is 0 Å². The molecule has 1 rings (SSSR count). The predicted octanol–water partition coefficient (Wildman–Crippen LogP) is 5.96. The van der Waals surface area contributed by atoms with Gasteiger partial charge in [-0.3, -0.25) is 0 Å². The highest BCUT2D eigenvalue weighted by Crippen LogP contribution is 2.57. The molecule has 0 N–H and O–H groups in total. The van der Waals surface area contributed by atoms with Crippen LogP contribution in [0.15, 0.2) is 12.7 Å². The third-order valence-corrected chi connectivity index (χ3v) is 3.19. The van der Waals surface area contributed by atoms with E-state index in [-0.39, 0.29) is 6.08 Å². The Kier molecular flexibility index (Phi) is 5.79. The number of benzene rings is 1. The third kappa shape index (κ3) is 3.83. The Morgan fingerprint density at radius 1 is 0.731 bits per heavy atom. The zero-order chi connectivity index (χ0) is 20.7. The number of allylic oxidation sites excluding steroid dienone is 1. The van der Waals surface area contributed by atoms with Crippen LogP contribution in [-0.2, 0) is 18.5 Å². The van der Waals surface area contributed by atoms with E-state index in [1.165, 1.54) is 0 Å². The van der Waals surface area contributed by atoms with E-state index in [4.69, 9.17) is 0 Å². The van der Waals surface area contributed by atoms with Gasteiger partial charge >= 0.3 is 18.5 Å². The third-order valence-electron chi connectivity index (χ3n) is 3.19. The molecule has 26 heavy (non-hydrogen) atoms. The van der Waals surface area contributed by atoms with Crippen LogP contribution in [0.5, 0.6) is 11.5 Å². The molecule has 1 aromatic carbocycles. The molecule has 0 heterocycles. The number of halogens is 10. The Hall–Kier alpha value is -2.14. The number of rotatable bonds is 4. The molecule has 0 fully saturated rings. The van der Waals surface area contributed by atoms with Crippen molar-refractivity contribution in [2.45, 2.75) is 24.7 Å². The summed E-state index contributed by atoms with van der Waals surface area (Å²) in [5, 5.41) is 0. The zero-order valence-electron chi connectivity index (χ0n) is 13.0. The van der Waals surface area contributed by atoms with Gasteiger partial charge in [0.25, 0.3) is 0 Å². The van der Waals surface area contributed by atoms with Crippen LogP contribution in [0, 0.1) is 0 Å². The molecule has 0 aliphatic carbocycles. The van der Waals surface area contributed by atoms with Crippen molar-refractivity contribution in [1.82, 2.24) is 0 Å². The first-order valence-electron chi connectivity index (χ1n) is 6.42. The van der Waals surface area contributed by atoms with Gasteiger partial charge in [0.05, 0.1) is 14.2 Å². The molecule has 0 bridgehead atoms. The second-order valence-corrected chi connectivity index (χ2v) is 4.74. The number of ether oxygens (including phenoxy) is 2. The van der Waals surface area contributed by atoms with E-state index in [0.29, 0.717) is 14.2 Å². The van der Waals surface area contributed by atoms with Gasteiger partial charge in [-0.05, 0) is 0 Å². The van der Waals surface area contributed by atoms with Crippen LogP contribution in [0.3, 0.4) is 0 Å². The van der Waals surface area contributed by atoms with E-state index in [9.17, 15) is 43.9 Å². The SMILES string of the molecule is C=CC(F)c1c(OC)c(C(F)(F)F)c(C(F)(F)F)c(OC)c1C(F)(F)F. The summed E-state index contributed by atoms with van der Waals surface area (Å²) in [6.45, 7) is 2.81. The molecule has 1 aromatic rings. The van der Waals surface area contributed by atoms with E-state index >= 15 is 0 Å². The maximum absolute atomic E-state index is 14.0. The summed E-state index contributed by atoms with van der Waals surface area (Å²) in [5.41, 5.74) is -9.58. The predicted molar refractivity (Wildman–Crippen MR) is 68.6 cm³/mol. The fourth-order valence-electron chi connectivity index (χ4n) is 2.34. The number of hydrogen-bond acceptors (Lipinski definition) is 2. The monoisotopic (exact) mass is 400 g/mol. The lowest BCUT2D eigenvalue weighted by Gasteiger charge is -2.27. The molecule has 1 unspecified atom stereocenters. The molecule has 0 radical (unpaired) electrons. The van der Waals surface area contributed by atoms with Crippen molar-refractivity contribution in [3.8, 4) is 11.5 Å². The molecular formula is C14H10F10O2. The lowest BCUT2D eigenvalue weighted by atomic mass is 9.91. The van der Waals surface area contributed by atoms with Gasteiger partial charge in [0.1, 0.15) is 34.4 Å². The van der Waals surface area contributed by atoms with Gasteiger partial charge in [-0.15, -0.1) is 0 Å². The molecule has 2 nitrogen and oxygen atoms in total. The minimum atomic E-state index is -5.91. The van der Waals surface area contributed by atoms with Crippen molar-refractivity contribution in [1.29, 1.82) is 0 Å². The lowest BCUT2D eigenvalue weighted by molar-refractivity contribution is -0.166. The largest absolute Gasteiger partial charge is 0.496 e. The van der Waals surface area contributed by atoms with Crippen molar-refractivity contribution < 1.29 is 53.4 Å². The van der Waals surface area contributed by atoms with E-state index in [1.54, 1.807) is 0 Å². The van der Waals surface area contributed by atoms with E-state index < -0.39 is 58.5 Å². The maximum atomic E-state index is 14.0. The molecule has 0 saturated heterocycles. The lowest BCUT2D eigenvalue weighted by Crippen LogP contribution is -2.24. The van der Waals surface area contributed by atoms with Crippen LogP contribution in [0.1, 0.15) is 28.4 Å². The summed E-state index contributed by atoms with van der Waals surface area (Å²) in [6.07, 6.45) is -20.2. The van der Waals surface area contributed by atoms with Gasteiger partial charge in [-0.2, -0.15) is 39.5 Å². The van der Waals surface area contributed by atoms with E-state index in [0.717, 1.165) is 0 Å². The first kappa shape index (κ1) is 21.9. The molecule has 0 aromatic heterocycles. The van der Waals surface area contributed by atoms with Crippen LogP contribution in [-0.4, -0.2) is 14.2 Å². The molecule has 0 aliphatic rings. The summed E-state index contributed by atoms with van der Waals surface area (Å²) >= 11 is 0. The number of methoxy groups -OCH3 is 2. The standard InChI is InChI=1S/C14H10F10O2/c1-4-5(15)6-7(12(16,17)18)11(26-3)9(14(22,23)24)8(10(6)25-2)13(19,20)21/h4-5H,1H2,2-3H3. The fourth-order valence-corrected chi connectivity index (χ4v) is 2.34. The van der Waals surface area contributed by atoms with Gasteiger partial charge in [-0.25, -0.2) is 4.39 Å². The second-order valence-electron chi connectivity index (χ2n) is 4.74. The first-order chi connectivity index (χ1) is 11.6. The molecule has 148 valence electrons. The summed E-state index contributed by atoms with van der Waals surface area (Å²) in [5.74, 6) is -4.16. The quantitative estimate of drug-likeness (QED) is 0.459. The highest BCUT2D eigenvalue weighted by atomic mass is 19.4. The Balaban J connectivity index is 4.41. The zero-order valence-corrected chi connectivity index (χ0v) is 13.0.